The quantitative estimate of drug-likeness (QED) is 0.655. The first-order valence-corrected chi connectivity index (χ1v) is 11.1. The van der Waals surface area contributed by atoms with E-state index in [1.807, 2.05) is 6.92 Å². The average molecular weight is 430 g/mol. The molecule has 0 saturated heterocycles. The largest absolute Gasteiger partial charge is 0.430 e. The second-order valence-corrected chi connectivity index (χ2v) is 9.94. The number of aliphatic hydroxyl groups excluding tert-OH is 1. The third kappa shape index (κ3) is 2.85. The zero-order chi connectivity index (χ0) is 22.8. The van der Waals surface area contributed by atoms with E-state index in [1.165, 1.54) is 6.08 Å². The Bertz CT molecular complexity index is 930. The monoisotopic (exact) mass is 430 g/mol. The van der Waals surface area contributed by atoms with E-state index in [-0.39, 0.29) is 48.4 Å². The molecule has 0 bridgehead atoms. The summed E-state index contributed by atoms with van der Waals surface area (Å²) in [5.74, 6) is -1.92. The Morgan fingerprint density at radius 3 is 2.55 bits per heavy atom. The van der Waals surface area contributed by atoms with Crippen molar-refractivity contribution < 1.29 is 34.1 Å². The Morgan fingerprint density at radius 2 is 1.90 bits per heavy atom. The van der Waals surface area contributed by atoms with Crippen molar-refractivity contribution in [2.75, 3.05) is 6.61 Å². The number of allylic oxidation sites excluding steroid dienone is 3. The van der Waals surface area contributed by atoms with Crippen LogP contribution in [0.4, 0.5) is 0 Å². The second kappa shape index (κ2) is 7.20. The summed E-state index contributed by atoms with van der Waals surface area (Å²) in [4.78, 5) is 50.5. The minimum Gasteiger partial charge on any atom is -0.430 e. The summed E-state index contributed by atoms with van der Waals surface area (Å²) >= 11 is 0. The van der Waals surface area contributed by atoms with Gasteiger partial charge in [-0.2, -0.15) is 0 Å². The van der Waals surface area contributed by atoms with Gasteiger partial charge in [0.1, 0.15) is 23.8 Å². The van der Waals surface area contributed by atoms with E-state index in [2.05, 4.69) is 0 Å². The molecule has 168 valence electrons. The minimum absolute atomic E-state index is 0.00684. The zero-order valence-corrected chi connectivity index (χ0v) is 18.3. The molecular formula is C24H30O7. The smallest absolute Gasteiger partial charge is 0.310 e. The van der Waals surface area contributed by atoms with Crippen molar-refractivity contribution in [3.05, 3.63) is 23.5 Å². The second-order valence-electron chi connectivity index (χ2n) is 9.94. The number of esters is 1. The number of hydrogen-bond acceptors (Lipinski definition) is 7. The van der Waals surface area contributed by atoms with Gasteiger partial charge in [0.25, 0.3) is 0 Å². The van der Waals surface area contributed by atoms with Gasteiger partial charge in [-0.3, -0.25) is 19.2 Å². The zero-order valence-electron chi connectivity index (χ0n) is 18.3. The van der Waals surface area contributed by atoms with Gasteiger partial charge in [-0.25, -0.2) is 0 Å². The normalized spacial score (nSPS) is 41.5. The van der Waals surface area contributed by atoms with Crippen molar-refractivity contribution in [1.82, 2.24) is 0 Å². The van der Waals surface area contributed by atoms with Crippen LogP contribution in [0.15, 0.2) is 23.5 Å². The van der Waals surface area contributed by atoms with E-state index < -0.39 is 40.7 Å². The number of rotatable bonds is 4. The minimum atomic E-state index is -1.72. The molecule has 0 heterocycles. The van der Waals surface area contributed by atoms with Gasteiger partial charge in [-0.1, -0.05) is 19.4 Å². The molecule has 31 heavy (non-hydrogen) atoms. The summed E-state index contributed by atoms with van der Waals surface area (Å²) in [6.45, 7) is 4.58. The molecule has 0 spiro atoms. The van der Waals surface area contributed by atoms with Crippen molar-refractivity contribution in [2.24, 2.45) is 28.6 Å². The summed E-state index contributed by atoms with van der Waals surface area (Å²) in [5, 5.41) is 20.7. The lowest BCUT2D eigenvalue weighted by Crippen LogP contribution is -2.61. The van der Waals surface area contributed by atoms with Crippen LogP contribution < -0.4 is 0 Å². The predicted molar refractivity (Wildman–Crippen MR) is 109 cm³/mol. The van der Waals surface area contributed by atoms with Crippen LogP contribution in [0.2, 0.25) is 0 Å². The van der Waals surface area contributed by atoms with E-state index in [0.717, 1.165) is 5.57 Å². The Morgan fingerprint density at radius 1 is 1.19 bits per heavy atom. The highest BCUT2D eigenvalue weighted by molar-refractivity contribution is 6.03. The standard InChI is InChI=1S/C24H30O7/c1-4-20(29)31-19-10-14(26)9-13-5-6-15-16-7-8-24(30,18(28)12-25)22(16,2)11-17(27)21(15)23(13,19)3/h9-10,15-16,21,25,30H,4-8,11-12H2,1-3H3/t15-,16-,21+,22-,23+,24-/m0/s1. The molecule has 0 aromatic heterocycles. The molecule has 7 nitrogen and oxygen atoms in total. The first kappa shape index (κ1) is 22.1. The predicted octanol–water partition coefficient (Wildman–Crippen LogP) is 2.05. The summed E-state index contributed by atoms with van der Waals surface area (Å²) in [6, 6.07) is 0. The van der Waals surface area contributed by atoms with Gasteiger partial charge in [0, 0.05) is 30.3 Å². The Labute approximate surface area is 181 Å². The van der Waals surface area contributed by atoms with Gasteiger partial charge in [-0.15, -0.1) is 0 Å². The molecule has 3 fully saturated rings. The number of carbonyl (C=O) groups is 4. The average Bonchev–Trinajstić information content (AvgIpc) is 2.99. The number of carbonyl (C=O) groups excluding carboxylic acids is 4. The van der Waals surface area contributed by atoms with Crippen LogP contribution in [-0.4, -0.2) is 45.7 Å². The van der Waals surface area contributed by atoms with Crippen LogP contribution in [0.1, 0.15) is 59.3 Å². The number of aliphatic hydroxyl groups is 2. The number of ether oxygens (including phenoxy) is 1. The van der Waals surface area contributed by atoms with Gasteiger partial charge in [0.15, 0.2) is 11.6 Å². The van der Waals surface area contributed by atoms with Crippen molar-refractivity contribution in [2.45, 2.75) is 64.9 Å². The third-order valence-electron chi connectivity index (χ3n) is 8.67. The molecule has 6 atom stereocenters. The fraction of sp³-hybridized carbons (Fsp3) is 0.667. The molecule has 4 aliphatic rings. The van der Waals surface area contributed by atoms with Crippen LogP contribution >= 0.6 is 0 Å². The first-order valence-electron chi connectivity index (χ1n) is 11.1. The SMILES string of the molecule is CCC(=O)OC1=CC(=O)C=C2CC[C@@H]3[C@H](C(=O)C[C@@]4(C)[C@H]3CC[C@]4(O)C(=O)CO)[C@]21C. The lowest BCUT2D eigenvalue weighted by molar-refractivity contribution is -0.171. The highest BCUT2D eigenvalue weighted by atomic mass is 16.5. The molecule has 4 aliphatic carbocycles. The number of fused-ring (bicyclic) bond motifs is 5. The van der Waals surface area contributed by atoms with Crippen LogP contribution in [0.25, 0.3) is 0 Å². The highest BCUT2D eigenvalue weighted by Crippen LogP contribution is 2.67. The molecule has 0 unspecified atom stereocenters. The summed E-state index contributed by atoms with van der Waals surface area (Å²) in [7, 11) is 0. The summed E-state index contributed by atoms with van der Waals surface area (Å²) in [6.07, 6.45) is 5.07. The van der Waals surface area contributed by atoms with Crippen LogP contribution in [-0.2, 0) is 23.9 Å². The fourth-order valence-corrected chi connectivity index (χ4v) is 7.03. The van der Waals surface area contributed by atoms with Gasteiger partial charge in [0.2, 0.25) is 0 Å². The van der Waals surface area contributed by atoms with E-state index in [1.54, 1.807) is 19.9 Å². The van der Waals surface area contributed by atoms with Crippen LogP contribution in [0.5, 0.6) is 0 Å². The molecule has 0 radical (unpaired) electrons. The Kier molecular flexibility index (Phi) is 5.13. The molecule has 4 rings (SSSR count). The lowest BCUT2D eigenvalue weighted by atomic mass is 9.46. The molecular weight excluding hydrogens is 400 g/mol. The van der Waals surface area contributed by atoms with Gasteiger partial charge in [-0.05, 0) is 50.5 Å². The fourth-order valence-electron chi connectivity index (χ4n) is 7.03. The maximum atomic E-state index is 13.7. The molecule has 0 aromatic carbocycles. The van der Waals surface area contributed by atoms with Crippen molar-refractivity contribution >= 4 is 23.3 Å². The van der Waals surface area contributed by atoms with Crippen LogP contribution in [0.3, 0.4) is 0 Å². The maximum absolute atomic E-state index is 13.7. The topological polar surface area (TPSA) is 118 Å². The van der Waals surface area contributed by atoms with E-state index >= 15 is 0 Å². The Hall–Kier alpha value is -2.12. The molecule has 7 heteroatoms. The van der Waals surface area contributed by atoms with Gasteiger partial charge in [0.05, 0.1) is 5.41 Å². The maximum Gasteiger partial charge on any atom is 0.310 e. The van der Waals surface area contributed by atoms with Crippen molar-refractivity contribution in [3.8, 4) is 0 Å². The van der Waals surface area contributed by atoms with E-state index in [4.69, 9.17) is 4.74 Å². The number of Topliss-reactive ketones (excluding diaryl/α,β-unsaturated/α-hetero) is 2. The van der Waals surface area contributed by atoms with E-state index in [9.17, 15) is 29.4 Å². The van der Waals surface area contributed by atoms with Gasteiger partial charge >= 0.3 is 5.97 Å². The summed E-state index contributed by atoms with van der Waals surface area (Å²) < 4.78 is 5.59. The third-order valence-corrected chi connectivity index (χ3v) is 8.67. The molecule has 3 saturated carbocycles. The first-order chi connectivity index (χ1) is 14.5. The number of ketones is 3. The molecule has 0 aromatic rings. The van der Waals surface area contributed by atoms with Gasteiger partial charge < -0.3 is 14.9 Å². The number of hydrogen-bond donors (Lipinski definition) is 2. The van der Waals surface area contributed by atoms with E-state index in [0.29, 0.717) is 19.3 Å². The van der Waals surface area contributed by atoms with Crippen molar-refractivity contribution in [1.29, 1.82) is 0 Å². The summed E-state index contributed by atoms with van der Waals surface area (Å²) in [5.41, 5.74) is -2.77. The highest BCUT2D eigenvalue weighted by Gasteiger charge is 2.69. The molecule has 0 amide bonds. The lowest BCUT2D eigenvalue weighted by Gasteiger charge is -2.57. The van der Waals surface area contributed by atoms with Crippen molar-refractivity contribution in [3.63, 3.8) is 0 Å². The molecule has 2 N–H and O–H groups in total. The van der Waals surface area contributed by atoms with Crippen LogP contribution in [0, 0.1) is 28.6 Å². The Balaban J connectivity index is 1.77. The molecule has 0 aliphatic heterocycles.